The fourth-order valence-electron chi connectivity index (χ4n) is 4.46. The zero-order valence-electron chi connectivity index (χ0n) is 23.1. The fraction of sp³-hybridized carbons (Fsp3) is 0.538. The Balaban J connectivity index is 2.15. The Morgan fingerprint density at radius 3 is 2.42 bits per heavy atom. The van der Waals surface area contributed by atoms with Crippen LogP contribution in [0.5, 0.6) is 0 Å². The Labute approximate surface area is 232 Å². The zero-order chi connectivity index (χ0) is 29.8. The predicted octanol–water partition coefficient (Wildman–Crippen LogP) is 2.81. The second kappa shape index (κ2) is 12.4. The van der Waals surface area contributed by atoms with Gasteiger partial charge in [-0.25, -0.2) is 14.2 Å². The van der Waals surface area contributed by atoms with E-state index in [1.165, 1.54) is 40.8 Å². The monoisotopic (exact) mass is 582 g/mol. The molecule has 40 heavy (non-hydrogen) atoms. The molecule has 2 atom stereocenters. The van der Waals surface area contributed by atoms with Gasteiger partial charge >= 0.3 is 6.09 Å². The average molecular weight is 583 g/mol. The number of aromatic nitrogens is 2. The van der Waals surface area contributed by atoms with E-state index in [1.54, 1.807) is 27.7 Å². The summed E-state index contributed by atoms with van der Waals surface area (Å²) in [6, 6.07) is 4.52. The van der Waals surface area contributed by atoms with Crippen LogP contribution in [0.2, 0.25) is 0 Å². The largest absolute Gasteiger partial charge is 0.444 e. The highest BCUT2D eigenvalue weighted by molar-refractivity contribution is 7.85. The molecule has 0 aliphatic carbocycles. The smallest absolute Gasteiger partial charge is 0.410 e. The van der Waals surface area contributed by atoms with Crippen molar-refractivity contribution >= 4 is 22.1 Å². The molecular weight excluding hydrogens is 547 g/mol. The van der Waals surface area contributed by atoms with Crippen LogP contribution in [0.4, 0.5) is 9.18 Å². The van der Waals surface area contributed by atoms with Crippen LogP contribution in [0.15, 0.2) is 29.1 Å². The summed E-state index contributed by atoms with van der Waals surface area (Å²) in [5.74, 6) is -2.43. The molecule has 0 spiro atoms. The molecule has 14 heteroatoms. The molecule has 0 saturated carbocycles. The molecule has 2 N–H and O–H groups in total. The number of rotatable bonds is 8. The number of halogens is 1. The molecule has 220 valence electrons. The maximum atomic E-state index is 13.7. The van der Waals surface area contributed by atoms with E-state index in [-0.39, 0.29) is 25.5 Å². The van der Waals surface area contributed by atoms with Gasteiger partial charge in [0.25, 0.3) is 21.6 Å². The Morgan fingerprint density at radius 1 is 1.23 bits per heavy atom. The molecule has 3 rings (SSSR count). The number of ether oxygens (including phenoxy) is 2. The van der Waals surface area contributed by atoms with Gasteiger partial charge in [-0.15, -0.1) is 0 Å². The van der Waals surface area contributed by atoms with Crippen molar-refractivity contribution in [2.45, 2.75) is 77.1 Å². The number of hydrogen-bond acceptors (Lipinski definition) is 8. The molecule has 12 nitrogen and oxygen atoms in total. The van der Waals surface area contributed by atoms with Crippen LogP contribution >= 0.6 is 0 Å². The maximum Gasteiger partial charge on any atom is 0.410 e. The normalized spacial score (nSPS) is 17.5. The Bertz CT molecular complexity index is 1400. The van der Waals surface area contributed by atoms with Gasteiger partial charge in [-0.3, -0.25) is 23.6 Å². The number of benzene rings is 1. The summed E-state index contributed by atoms with van der Waals surface area (Å²) in [6.45, 7) is 6.98. The molecule has 1 aromatic carbocycles. The molecule has 1 aromatic heterocycles. The molecule has 0 bridgehead atoms. The second-order valence-corrected chi connectivity index (χ2v) is 11.9. The molecule has 2 amide bonds. The van der Waals surface area contributed by atoms with Gasteiger partial charge in [0.2, 0.25) is 0 Å². The lowest BCUT2D eigenvalue weighted by Gasteiger charge is -2.32. The van der Waals surface area contributed by atoms with Crippen molar-refractivity contribution in [3.8, 4) is 0 Å². The Morgan fingerprint density at radius 2 is 1.88 bits per heavy atom. The van der Waals surface area contributed by atoms with Crippen molar-refractivity contribution in [3.63, 3.8) is 0 Å². The van der Waals surface area contributed by atoms with Gasteiger partial charge in [-0.2, -0.15) is 8.42 Å². The molecule has 0 saturated heterocycles. The van der Waals surface area contributed by atoms with Crippen molar-refractivity contribution in [2.24, 2.45) is 0 Å². The summed E-state index contributed by atoms with van der Waals surface area (Å²) in [4.78, 5) is 46.0. The molecule has 1 aliphatic heterocycles. The topological polar surface area (TPSA) is 157 Å². The first-order valence-corrected chi connectivity index (χ1v) is 14.4. The first kappa shape index (κ1) is 31.2. The molecule has 1 aliphatic rings. The number of nitrogens with zero attached hydrogens (tertiary/aromatic N) is 3. The van der Waals surface area contributed by atoms with Gasteiger partial charge in [0, 0.05) is 20.2 Å². The van der Waals surface area contributed by atoms with Gasteiger partial charge < -0.3 is 14.8 Å². The highest BCUT2D eigenvalue weighted by Gasteiger charge is 2.36. The highest BCUT2D eigenvalue weighted by Crippen LogP contribution is 2.31. The van der Waals surface area contributed by atoms with Gasteiger partial charge in [0.05, 0.1) is 24.3 Å². The molecule has 0 unspecified atom stereocenters. The summed E-state index contributed by atoms with van der Waals surface area (Å²) in [7, 11) is -3.28. The van der Waals surface area contributed by atoms with Crippen LogP contribution in [0.3, 0.4) is 0 Å². The standard InChI is InChI=1S/C26H35FN4O8S/c1-6-30(25(34)39-26(2,3)4)20-12-11-18(38-5)14-31-22(20)29-21(19(24(31)33)15-40(35,36)37)23(32)28-13-16-7-9-17(27)10-8-16/h7-10,18,20H,6,11-15H2,1-5H3,(H,28,32)(H,35,36,37)/t18-,20-/m0/s1. The zero-order valence-corrected chi connectivity index (χ0v) is 24.0. The molecule has 0 fully saturated rings. The summed E-state index contributed by atoms with van der Waals surface area (Å²) >= 11 is 0. The number of fused-ring (bicyclic) bond motifs is 1. The van der Waals surface area contributed by atoms with E-state index in [4.69, 9.17) is 9.47 Å². The van der Waals surface area contributed by atoms with Crippen LogP contribution in [0.1, 0.15) is 74.0 Å². The summed E-state index contributed by atoms with van der Waals surface area (Å²) < 4.78 is 58.8. The number of carbonyl (C=O) groups is 2. The maximum absolute atomic E-state index is 13.7. The number of methoxy groups -OCH3 is 1. The number of amides is 2. The lowest BCUT2D eigenvalue weighted by Crippen LogP contribution is -2.43. The first-order valence-electron chi connectivity index (χ1n) is 12.8. The summed E-state index contributed by atoms with van der Waals surface area (Å²) in [5, 5.41) is 2.56. The van der Waals surface area contributed by atoms with Crippen LogP contribution in [0.25, 0.3) is 0 Å². The van der Waals surface area contributed by atoms with Gasteiger partial charge in [-0.1, -0.05) is 12.1 Å². The van der Waals surface area contributed by atoms with E-state index in [1.807, 2.05) is 0 Å². The van der Waals surface area contributed by atoms with E-state index >= 15 is 0 Å². The van der Waals surface area contributed by atoms with Crippen molar-refractivity contribution in [1.82, 2.24) is 19.8 Å². The highest BCUT2D eigenvalue weighted by atomic mass is 32.2. The minimum Gasteiger partial charge on any atom is -0.444 e. The van der Waals surface area contributed by atoms with Gasteiger partial charge in [0.15, 0.2) is 0 Å². The van der Waals surface area contributed by atoms with Crippen molar-refractivity contribution in [1.29, 1.82) is 0 Å². The average Bonchev–Trinajstić information content (AvgIpc) is 3.03. The number of nitrogens with one attached hydrogen (secondary N) is 1. The quantitative estimate of drug-likeness (QED) is 0.447. The minimum absolute atomic E-state index is 0.0179. The van der Waals surface area contributed by atoms with Crippen molar-refractivity contribution < 1.29 is 36.4 Å². The van der Waals surface area contributed by atoms with Crippen molar-refractivity contribution in [3.05, 3.63) is 63.1 Å². The second-order valence-electron chi connectivity index (χ2n) is 10.5. The van der Waals surface area contributed by atoms with E-state index in [0.29, 0.717) is 18.4 Å². The molecule has 2 aromatic rings. The van der Waals surface area contributed by atoms with E-state index in [2.05, 4.69) is 10.3 Å². The molecule has 0 radical (unpaired) electrons. The van der Waals surface area contributed by atoms with Crippen LogP contribution in [0, 0.1) is 5.82 Å². The number of hydrogen-bond donors (Lipinski definition) is 2. The third-order valence-corrected chi connectivity index (χ3v) is 6.98. The van der Waals surface area contributed by atoms with Crippen LogP contribution in [-0.2, 0) is 38.4 Å². The van der Waals surface area contributed by atoms with Crippen LogP contribution in [-0.4, -0.2) is 64.8 Å². The summed E-state index contributed by atoms with van der Waals surface area (Å²) in [5.41, 5.74) is -2.15. The van der Waals surface area contributed by atoms with Crippen LogP contribution < -0.4 is 10.9 Å². The minimum atomic E-state index is -4.74. The molecule has 2 heterocycles. The van der Waals surface area contributed by atoms with E-state index < -0.39 is 68.3 Å². The van der Waals surface area contributed by atoms with E-state index in [9.17, 15) is 31.7 Å². The fourth-order valence-corrected chi connectivity index (χ4v) is 5.09. The molecular formula is C26H35FN4O8S. The SMILES string of the molecule is CCN(C(=O)OC(C)(C)C)[C@H]1CC[C@H](OC)Cn2c1nc(C(=O)NCc1ccc(F)cc1)c(CS(=O)(=O)O)c2=O. The van der Waals surface area contributed by atoms with Gasteiger partial charge in [-0.05, 0) is 58.2 Å². The summed E-state index contributed by atoms with van der Waals surface area (Å²) in [6.07, 6.45) is -0.395. The third kappa shape index (κ3) is 7.86. The Kier molecular flexibility index (Phi) is 9.69. The predicted molar refractivity (Wildman–Crippen MR) is 143 cm³/mol. The third-order valence-electron chi connectivity index (χ3n) is 6.32. The number of carbonyl (C=O) groups excluding carboxylic acids is 2. The lowest BCUT2D eigenvalue weighted by atomic mass is 10.1. The van der Waals surface area contributed by atoms with E-state index in [0.717, 1.165) is 0 Å². The Hall–Kier alpha value is -3.36. The van der Waals surface area contributed by atoms with Gasteiger partial charge in [0.1, 0.15) is 28.7 Å². The first-order chi connectivity index (χ1) is 18.6. The lowest BCUT2D eigenvalue weighted by molar-refractivity contribution is 0.0139. The van der Waals surface area contributed by atoms with Crippen molar-refractivity contribution in [2.75, 3.05) is 13.7 Å².